The van der Waals surface area contributed by atoms with Gasteiger partial charge in [0.05, 0.1) is 12.7 Å². The predicted octanol–water partition coefficient (Wildman–Crippen LogP) is 2.93. The van der Waals surface area contributed by atoms with Crippen molar-refractivity contribution in [3.63, 3.8) is 0 Å². The Morgan fingerprint density at radius 1 is 1.41 bits per heavy atom. The van der Waals surface area contributed by atoms with Crippen molar-refractivity contribution in [1.82, 2.24) is 20.0 Å². The second kappa shape index (κ2) is 7.68. The number of aryl methyl sites for hydroxylation is 2. The third-order valence-electron chi connectivity index (χ3n) is 3.39. The molecule has 22 heavy (non-hydrogen) atoms. The molecule has 0 atom stereocenters. The van der Waals surface area contributed by atoms with Crippen molar-refractivity contribution in [1.29, 1.82) is 0 Å². The first kappa shape index (κ1) is 16.1. The maximum Gasteiger partial charge on any atom is 0.318 e. The number of rotatable bonds is 7. The van der Waals surface area contributed by atoms with E-state index in [0.29, 0.717) is 19.6 Å². The SMILES string of the molecule is CCCn1cc(CNC(=O)N(CC)Cc2ccc(C)o2)cn1. The van der Waals surface area contributed by atoms with Crippen LogP contribution in [0.15, 0.2) is 28.9 Å². The van der Waals surface area contributed by atoms with E-state index in [1.807, 2.05) is 36.9 Å². The van der Waals surface area contributed by atoms with E-state index in [0.717, 1.165) is 30.0 Å². The fourth-order valence-electron chi connectivity index (χ4n) is 2.22. The fourth-order valence-corrected chi connectivity index (χ4v) is 2.22. The second-order valence-electron chi connectivity index (χ2n) is 5.30. The molecule has 2 aromatic heterocycles. The summed E-state index contributed by atoms with van der Waals surface area (Å²) in [6, 6.07) is 3.71. The molecule has 0 saturated carbocycles. The molecule has 1 N–H and O–H groups in total. The van der Waals surface area contributed by atoms with Gasteiger partial charge in [-0.2, -0.15) is 5.10 Å². The molecule has 120 valence electrons. The molecular weight excluding hydrogens is 280 g/mol. The number of carbonyl (C=O) groups excluding carboxylic acids is 1. The molecule has 0 bridgehead atoms. The van der Waals surface area contributed by atoms with Crippen LogP contribution in [-0.4, -0.2) is 27.3 Å². The molecule has 0 unspecified atom stereocenters. The van der Waals surface area contributed by atoms with Gasteiger partial charge in [-0.1, -0.05) is 6.92 Å². The number of nitrogens with one attached hydrogen (secondary N) is 1. The number of nitrogens with zero attached hydrogens (tertiary/aromatic N) is 3. The van der Waals surface area contributed by atoms with Crippen LogP contribution in [-0.2, 0) is 19.6 Å². The molecule has 0 spiro atoms. The highest BCUT2D eigenvalue weighted by Gasteiger charge is 2.13. The van der Waals surface area contributed by atoms with Gasteiger partial charge in [-0.15, -0.1) is 0 Å². The lowest BCUT2D eigenvalue weighted by molar-refractivity contribution is 0.193. The summed E-state index contributed by atoms with van der Waals surface area (Å²) in [5, 5.41) is 7.18. The number of hydrogen-bond acceptors (Lipinski definition) is 3. The van der Waals surface area contributed by atoms with Gasteiger partial charge in [-0.05, 0) is 32.4 Å². The number of urea groups is 1. The molecule has 0 aliphatic rings. The number of furan rings is 1. The van der Waals surface area contributed by atoms with E-state index >= 15 is 0 Å². The minimum Gasteiger partial charge on any atom is -0.464 e. The summed E-state index contributed by atoms with van der Waals surface area (Å²) in [5.74, 6) is 1.65. The molecule has 6 heteroatoms. The Labute approximate surface area is 131 Å². The lowest BCUT2D eigenvalue weighted by atomic mass is 10.3. The predicted molar refractivity (Wildman–Crippen MR) is 84.3 cm³/mol. The number of hydrogen-bond donors (Lipinski definition) is 1. The van der Waals surface area contributed by atoms with Crippen LogP contribution in [0.3, 0.4) is 0 Å². The molecule has 2 amide bonds. The Morgan fingerprint density at radius 3 is 2.86 bits per heavy atom. The molecule has 0 aromatic carbocycles. The largest absolute Gasteiger partial charge is 0.464 e. The standard InChI is InChI=1S/C16H24N4O2/c1-4-8-20-11-14(10-18-20)9-17-16(21)19(5-2)12-15-7-6-13(3)22-15/h6-7,10-11H,4-5,8-9,12H2,1-3H3,(H,17,21). The maximum absolute atomic E-state index is 12.2. The lowest BCUT2D eigenvalue weighted by Gasteiger charge is -2.20. The van der Waals surface area contributed by atoms with Crippen molar-refractivity contribution >= 4 is 6.03 Å². The highest BCUT2D eigenvalue weighted by atomic mass is 16.3. The average molecular weight is 304 g/mol. The average Bonchev–Trinajstić information content (AvgIpc) is 3.12. The van der Waals surface area contributed by atoms with Gasteiger partial charge in [0.1, 0.15) is 11.5 Å². The van der Waals surface area contributed by atoms with E-state index in [1.165, 1.54) is 0 Å². The Morgan fingerprint density at radius 2 is 2.23 bits per heavy atom. The minimum atomic E-state index is -0.0974. The van der Waals surface area contributed by atoms with E-state index in [9.17, 15) is 4.79 Å². The number of aromatic nitrogens is 2. The maximum atomic E-state index is 12.2. The molecule has 2 heterocycles. The van der Waals surface area contributed by atoms with Crippen molar-refractivity contribution in [2.75, 3.05) is 6.54 Å². The molecule has 0 radical (unpaired) electrons. The zero-order chi connectivity index (χ0) is 15.9. The van der Waals surface area contributed by atoms with Crippen LogP contribution < -0.4 is 5.32 Å². The van der Waals surface area contributed by atoms with Crippen molar-refractivity contribution in [2.45, 2.75) is 46.8 Å². The van der Waals surface area contributed by atoms with E-state index < -0.39 is 0 Å². The van der Waals surface area contributed by atoms with E-state index in [1.54, 1.807) is 11.1 Å². The first-order chi connectivity index (χ1) is 10.6. The molecule has 0 aliphatic carbocycles. The van der Waals surface area contributed by atoms with E-state index in [4.69, 9.17) is 4.42 Å². The minimum absolute atomic E-state index is 0.0974. The number of carbonyl (C=O) groups is 1. The summed E-state index contributed by atoms with van der Waals surface area (Å²) in [4.78, 5) is 14.0. The Kier molecular flexibility index (Phi) is 5.63. The fraction of sp³-hybridized carbons (Fsp3) is 0.500. The molecule has 2 rings (SSSR count). The van der Waals surface area contributed by atoms with Gasteiger partial charge < -0.3 is 14.6 Å². The Bertz CT molecular complexity index is 603. The van der Waals surface area contributed by atoms with Gasteiger partial charge in [0.15, 0.2) is 0 Å². The smallest absolute Gasteiger partial charge is 0.318 e. The normalized spacial score (nSPS) is 10.7. The van der Waals surface area contributed by atoms with Gasteiger partial charge in [-0.3, -0.25) is 4.68 Å². The summed E-state index contributed by atoms with van der Waals surface area (Å²) < 4.78 is 7.42. The van der Waals surface area contributed by atoms with Gasteiger partial charge >= 0.3 is 6.03 Å². The summed E-state index contributed by atoms with van der Waals surface area (Å²) in [6.45, 7) is 8.44. The van der Waals surface area contributed by atoms with Crippen molar-refractivity contribution in [3.05, 3.63) is 41.6 Å². The van der Waals surface area contributed by atoms with Crippen LogP contribution >= 0.6 is 0 Å². The van der Waals surface area contributed by atoms with Crippen molar-refractivity contribution in [2.24, 2.45) is 0 Å². The van der Waals surface area contributed by atoms with Gasteiger partial charge in [0.2, 0.25) is 0 Å². The van der Waals surface area contributed by atoms with Gasteiger partial charge in [-0.25, -0.2) is 4.79 Å². The van der Waals surface area contributed by atoms with Crippen molar-refractivity contribution < 1.29 is 9.21 Å². The molecule has 0 fully saturated rings. The second-order valence-corrected chi connectivity index (χ2v) is 5.30. The third kappa shape index (κ3) is 4.38. The summed E-state index contributed by atoms with van der Waals surface area (Å²) in [7, 11) is 0. The molecule has 6 nitrogen and oxygen atoms in total. The Hall–Kier alpha value is -2.24. The number of amides is 2. The zero-order valence-electron chi connectivity index (χ0n) is 13.5. The first-order valence-corrected chi connectivity index (χ1v) is 7.71. The molecule has 0 saturated heterocycles. The molecular formula is C16H24N4O2. The van der Waals surface area contributed by atoms with Crippen LogP contribution in [0.4, 0.5) is 4.79 Å². The summed E-state index contributed by atoms with van der Waals surface area (Å²) in [6.07, 6.45) is 4.80. The lowest BCUT2D eigenvalue weighted by Crippen LogP contribution is -2.38. The van der Waals surface area contributed by atoms with Crippen LogP contribution in [0, 0.1) is 6.92 Å². The van der Waals surface area contributed by atoms with Crippen molar-refractivity contribution in [3.8, 4) is 0 Å². The van der Waals surface area contributed by atoms with Gasteiger partial charge in [0, 0.05) is 31.4 Å². The highest BCUT2D eigenvalue weighted by molar-refractivity contribution is 5.74. The first-order valence-electron chi connectivity index (χ1n) is 7.71. The van der Waals surface area contributed by atoms with Gasteiger partial charge in [0.25, 0.3) is 0 Å². The summed E-state index contributed by atoms with van der Waals surface area (Å²) in [5.41, 5.74) is 1.01. The third-order valence-corrected chi connectivity index (χ3v) is 3.39. The highest BCUT2D eigenvalue weighted by Crippen LogP contribution is 2.09. The topological polar surface area (TPSA) is 63.3 Å². The monoisotopic (exact) mass is 304 g/mol. The van der Waals surface area contributed by atoms with E-state index in [-0.39, 0.29) is 6.03 Å². The van der Waals surface area contributed by atoms with Crippen LogP contribution in [0.25, 0.3) is 0 Å². The van der Waals surface area contributed by atoms with Crippen LogP contribution in [0.5, 0.6) is 0 Å². The van der Waals surface area contributed by atoms with Crippen LogP contribution in [0.1, 0.15) is 37.4 Å². The van der Waals surface area contributed by atoms with E-state index in [2.05, 4.69) is 17.3 Å². The zero-order valence-corrected chi connectivity index (χ0v) is 13.5. The Balaban J connectivity index is 1.85. The van der Waals surface area contributed by atoms with Crippen LogP contribution in [0.2, 0.25) is 0 Å². The quantitative estimate of drug-likeness (QED) is 0.855. The summed E-state index contributed by atoms with van der Waals surface area (Å²) >= 11 is 0. The molecule has 0 aliphatic heterocycles. The molecule has 2 aromatic rings.